The summed E-state index contributed by atoms with van der Waals surface area (Å²) in [6.07, 6.45) is 0.707. The first-order valence-corrected chi connectivity index (χ1v) is 15.2. The summed E-state index contributed by atoms with van der Waals surface area (Å²) in [7, 11) is 0. The van der Waals surface area contributed by atoms with E-state index >= 15 is 4.39 Å². The number of amides is 1. The highest BCUT2D eigenvalue weighted by molar-refractivity contribution is 6.07. The van der Waals surface area contributed by atoms with Crippen molar-refractivity contribution in [3.63, 3.8) is 0 Å². The molecule has 2 unspecified atom stereocenters. The lowest BCUT2D eigenvalue weighted by molar-refractivity contribution is -0.138. The number of piperidine rings is 1. The fourth-order valence-electron chi connectivity index (χ4n) is 6.09. The van der Waals surface area contributed by atoms with Crippen molar-refractivity contribution < 1.29 is 27.1 Å². The molecule has 0 bridgehead atoms. The number of hydrogen-bond acceptors (Lipinski definition) is 7. The summed E-state index contributed by atoms with van der Waals surface area (Å²) in [5.41, 5.74) is -2.19. The first-order valence-electron chi connectivity index (χ1n) is 15.2. The number of nitrogens with one attached hydrogen (secondary N) is 2. The molecule has 2 aromatic heterocycles. The van der Waals surface area contributed by atoms with Gasteiger partial charge in [-0.15, -0.1) is 0 Å². The van der Waals surface area contributed by atoms with Crippen LogP contribution in [0.3, 0.4) is 0 Å². The molecule has 1 aromatic carbocycles. The summed E-state index contributed by atoms with van der Waals surface area (Å²) >= 11 is 0. The Morgan fingerprint density at radius 2 is 1.87 bits per heavy atom. The predicted molar refractivity (Wildman–Crippen MR) is 164 cm³/mol. The fraction of sp³-hybridized carbons (Fsp3) is 0.500. The van der Waals surface area contributed by atoms with Crippen LogP contribution in [0.25, 0.3) is 11.1 Å². The minimum absolute atomic E-state index is 0.0308. The molecule has 9 nitrogen and oxygen atoms in total. The smallest absolute Gasteiger partial charge is 0.374 e. The lowest BCUT2D eigenvalue weighted by atomic mass is 9.88. The molecule has 4 heterocycles. The van der Waals surface area contributed by atoms with Crippen LogP contribution in [0.2, 0.25) is 0 Å². The number of hydrogen-bond donors (Lipinski definition) is 2. The van der Waals surface area contributed by atoms with Crippen molar-refractivity contribution in [3.05, 3.63) is 64.1 Å². The molecule has 2 fully saturated rings. The monoisotopic (exact) mass is 630 g/mol. The molecule has 2 aliphatic rings. The summed E-state index contributed by atoms with van der Waals surface area (Å²) < 4.78 is 63.0. The molecular formula is C32H38F4N6O3. The number of anilines is 3. The Balaban J connectivity index is 1.52. The van der Waals surface area contributed by atoms with Crippen molar-refractivity contribution in [2.45, 2.75) is 52.8 Å². The molecule has 3 aromatic rings. The van der Waals surface area contributed by atoms with Gasteiger partial charge in [-0.2, -0.15) is 13.2 Å². The number of carbonyl (C=O) groups excluding carboxylic acids is 1. The Labute approximate surface area is 259 Å². The van der Waals surface area contributed by atoms with Gasteiger partial charge in [-0.25, -0.2) is 14.4 Å². The predicted octanol–water partition coefficient (Wildman–Crippen LogP) is 5.98. The van der Waals surface area contributed by atoms with Crippen molar-refractivity contribution >= 4 is 23.2 Å². The van der Waals surface area contributed by atoms with Crippen LogP contribution in [-0.2, 0) is 10.9 Å². The lowest BCUT2D eigenvalue weighted by Crippen LogP contribution is -2.45. The van der Waals surface area contributed by atoms with E-state index in [1.165, 1.54) is 24.5 Å². The summed E-state index contributed by atoms with van der Waals surface area (Å²) in [5, 5.41) is 2.59. The minimum atomic E-state index is -4.94. The van der Waals surface area contributed by atoms with Crippen LogP contribution in [0.5, 0.6) is 0 Å². The van der Waals surface area contributed by atoms with Crippen LogP contribution in [-0.4, -0.2) is 59.7 Å². The SMILES string of the molecule is CCC1CC(C)CN(c2cc(F)c(-c3cnc(N4CCO[C@@H](C(C)C)C4)nc3)cc2NC(=O)c2c[nH]c(=O)cc2C(F)(F)F)C1. The normalized spacial score (nSPS) is 20.9. The number of aromatic amines is 1. The number of pyridine rings is 1. The molecule has 0 aliphatic carbocycles. The van der Waals surface area contributed by atoms with Crippen molar-refractivity contribution in [2.24, 2.45) is 17.8 Å². The van der Waals surface area contributed by atoms with E-state index < -0.39 is 34.6 Å². The number of H-pyrrole nitrogens is 1. The molecule has 0 saturated carbocycles. The fourth-order valence-corrected chi connectivity index (χ4v) is 6.09. The van der Waals surface area contributed by atoms with E-state index in [1.54, 1.807) is 0 Å². The van der Waals surface area contributed by atoms with Crippen LogP contribution in [0.4, 0.5) is 34.9 Å². The van der Waals surface area contributed by atoms with Gasteiger partial charge in [0.2, 0.25) is 11.5 Å². The van der Waals surface area contributed by atoms with Crippen molar-refractivity contribution in [2.75, 3.05) is 47.9 Å². The van der Waals surface area contributed by atoms with Crippen LogP contribution in [0, 0.1) is 23.6 Å². The molecule has 5 rings (SSSR count). The third-order valence-corrected chi connectivity index (χ3v) is 8.54. The van der Waals surface area contributed by atoms with E-state index in [0.29, 0.717) is 67.9 Å². The first kappa shape index (κ1) is 32.4. The molecule has 2 aliphatic heterocycles. The zero-order chi connectivity index (χ0) is 32.5. The van der Waals surface area contributed by atoms with Crippen LogP contribution >= 0.6 is 0 Å². The van der Waals surface area contributed by atoms with Gasteiger partial charge in [-0.05, 0) is 36.3 Å². The summed E-state index contributed by atoms with van der Waals surface area (Å²) in [6, 6.07) is 3.06. The second kappa shape index (κ2) is 13.2. The maximum atomic E-state index is 15.9. The van der Waals surface area contributed by atoms with E-state index in [1.807, 2.05) is 9.80 Å². The molecular weight excluding hydrogens is 592 g/mol. The Morgan fingerprint density at radius 1 is 1.13 bits per heavy atom. The third kappa shape index (κ3) is 7.29. The number of ether oxygens (including phenoxy) is 1. The quantitative estimate of drug-likeness (QED) is 0.310. The number of halogens is 4. The molecule has 45 heavy (non-hydrogen) atoms. The van der Waals surface area contributed by atoms with Gasteiger partial charge >= 0.3 is 6.18 Å². The molecule has 2 saturated heterocycles. The van der Waals surface area contributed by atoms with E-state index in [-0.39, 0.29) is 23.3 Å². The number of morpholine rings is 1. The van der Waals surface area contributed by atoms with E-state index in [9.17, 15) is 22.8 Å². The Kier molecular flexibility index (Phi) is 9.47. The average molecular weight is 631 g/mol. The van der Waals surface area contributed by atoms with Gasteiger partial charge in [0.15, 0.2) is 0 Å². The number of carbonyl (C=O) groups is 1. The zero-order valence-corrected chi connectivity index (χ0v) is 25.7. The van der Waals surface area contributed by atoms with Gasteiger partial charge in [0, 0.05) is 62.0 Å². The topological polar surface area (TPSA) is 103 Å². The molecule has 1 amide bonds. The second-order valence-corrected chi connectivity index (χ2v) is 12.3. The number of alkyl halides is 3. The number of nitrogens with zero attached hydrogens (tertiary/aromatic N) is 4. The van der Waals surface area contributed by atoms with Gasteiger partial charge < -0.3 is 24.8 Å². The standard InChI is InChI=1S/C32H38F4N6O3/c1-5-20-8-19(4)15-42(16-20)27-11-25(33)22(21-12-38-31(39-13-21)41-6-7-45-28(17-41)18(2)3)9-26(27)40-30(44)23-14-37-29(43)10-24(23)32(34,35)36/h9-14,18-20,28H,5-8,15-17H2,1-4H3,(H,37,43)(H,40,44)/t19?,20?,28-/m1/s1. The highest BCUT2D eigenvalue weighted by Gasteiger charge is 2.36. The number of benzene rings is 1. The molecule has 0 spiro atoms. The molecule has 2 N–H and O–H groups in total. The summed E-state index contributed by atoms with van der Waals surface area (Å²) in [4.78, 5) is 40.1. The van der Waals surface area contributed by atoms with Crippen molar-refractivity contribution in [1.82, 2.24) is 15.0 Å². The van der Waals surface area contributed by atoms with Crippen molar-refractivity contribution in [1.29, 1.82) is 0 Å². The van der Waals surface area contributed by atoms with E-state index in [4.69, 9.17) is 4.74 Å². The summed E-state index contributed by atoms with van der Waals surface area (Å²) in [6.45, 7) is 11.3. The number of aromatic nitrogens is 3. The average Bonchev–Trinajstić information content (AvgIpc) is 3.01. The highest BCUT2D eigenvalue weighted by Crippen LogP contribution is 2.38. The number of rotatable bonds is 7. The van der Waals surface area contributed by atoms with Gasteiger partial charge in [0.05, 0.1) is 35.2 Å². The van der Waals surface area contributed by atoms with Crippen LogP contribution in [0.15, 0.2) is 41.6 Å². The molecule has 0 radical (unpaired) electrons. The van der Waals surface area contributed by atoms with Crippen molar-refractivity contribution in [3.8, 4) is 11.1 Å². The Morgan fingerprint density at radius 3 is 2.53 bits per heavy atom. The van der Waals surface area contributed by atoms with Gasteiger partial charge in [0.1, 0.15) is 5.82 Å². The van der Waals surface area contributed by atoms with Crippen LogP contribution < -0.4 is 20.7 Å². The van der Waals surface area contributed by atoms with Gasteiger partial charge in [0.25, 0.3) is 5.91 Å². The lowest BCUT2D eigenvalue weighted by Gasteiger charge is -2.38. The van der Waals surface area contributed by atoms with Gasteiger partial charge in [-0.3, -0.25) is 9.59 Å². The summed E-state index contributed by atoms with van der Waals surface area (Å²) in [5.74, 6) is -0.281. The van der Waals surface area contributed by atoms with E-state index in [0.717, 1.165) is 19.0 Å². The van der Waals surface area contributed by atoms with Gasteiger partial charge in [-0.1, -0.05) is 34.1 Å². The zero-order valence-electron chi connectivity index (χ0n) is 25.7. The third-order valence-electron chi connectivity index (χ3n) is 8.54. The first-order chi connectivity index (χ1) is 21.3. The second-order valence-electron chi connectivity index (χ2n) is 12.3. The largest absolute Gasteiger partial charge is 0.417 e. The Bertz CT molecular complexity index is 1580. The minimum Gasteiger partial charge on any atom is -0.374 e. The molecule has 13 heteroatoms. The highest BCUT2D eigenvalue weighted by atomic mass is 19.4. The maximum absolute atomic E-state index is 15.9. The maximum Gasteiger partial charge on any atom is 0.417 e. The Hall–Kier alpha value is -4.00. The van der Waals surface area contributed by atoms with E-state index in [2.05, 4.69) is 48.0 Å². The molecule has 3 atom stereocenters. The van der Waals surface area contributed by atoms with Crippen LogP contribution in [0.1, 0.15) is 56.5 Å². The molecule has 242 valence electrons.